The van der Waals surface area contributed by atoms with Crippen LogP contribution in [0, 0.1) is 10.1 Å². The molecule has 3 nitrogen and oxygen atoms in total. The summed E-state index contributed by atoms with van der Waals surface area (Å²) in [6.45, 7) is 1.94. The van der Waals surface area contributed by atoms with Crippen LogP contribution >= 0.6 is 0 Å². The third kappa shape index (κ3) is 2.74. The number of fused-ring (bicyclic) bond motifs is 1. The van der Waals surface area contributed by atoms with E-state index in [0.717, 1.165) is 22.8 Å². The number of nitrogens with zero attached hydrogens (tertiary/aromatic N) is 1. The van der Waals surface area contributed by atoms with Crippen molar-refractivity contribution in [2.75, 3.05) is 0 Å². The normalized spacial score (nSPS) is 11.7. The smallest absolute Gasteiger partial charge is 0.246 e. The molecule has 0 aliphatic rings. The molecule has 18 heavy (non-hydrogen) atoms. The van der Waals surface area contributed by atoms with E-state index in [1.165, 1.54) is 0 Å². The van der Waals surface area contributed by atoms with E-state index in [9.17, 15) is 10.1 Å². The highest BCUT2D eigenvalue weighted by Crippen LogP contribution is 2.19. The average Bonchev–Trinajstić information content (AvgIpc) is 2.38. The summed E-state index contributed by atoms with van der Waals surface area (Å²) in [5, 5.41) is 13.1. The lowest BCUT2D eigenvalue weighted by Gasteiger charge is -2.00. The Labute approximate surface area is 106 Å². The summed E-state index contributed by atoms with van der Waals surface area (Å²) in [5.41, 5.74) is 1.15. The molecule has 0 saturated heterocycles. The zero-order chi connectivity index (χ0) is 13.0. The molecule has 0 saturated carbocycles. The molecule has 0 atom stereocenters. The molecule has 0 aliphatic carbocycles. The lowest BCUT2D eigenvalue weighted by atomic mass is 10.1. The minimum atomic E-state index is -0.293. The standard InChI is InChI=1S/C15H15NO2/c1-2-5-15(16(17)18)11-12-8-9-13-6-3-4-7-14(13)10-12/h3-4,6-11H,2,5H2,1H3. The molecule has 0 amide bonds. The van der Waals surface area contributed by atoms with E-state index < -0.39 is 0 Å². The third-order valence-corrected chi connectivity index (χ3v) is 2.85. The molecule has 0 heterocycles. The molecule has 0 aliphatic heterocycles. The molecule has 3 heteroatoms. The zero-order valence-corrected chi connectivity index (χ0v) is 10.3. The molecule has 0 radical (unpaired) electrons. The average molecular weight is 241 g/mol. The van der Waals surface area contributed by atoms with E-state index in [4.69, 9.17) is 0 Å². The quantitative estimate of drug-likeness (QED) is 0.593. The maximum absolute atomic E-state index is 10.9. The van der Waals surface area contributed by atoms with Gasteiger partial charge in [-0.2, -0.15) is 0 Å². The summed E-state index contributed by atoms with van der Waals surface area (Å²) >= 11 is 0. The predicted octanol–water partition coefficient (Wildman–Crippen LogP) is 4.26. The second-order valence-electron chi connectivity index (χ2n) is 4.25. The molecule has 92 valence electrons. The van der Waals surface area contributed by atoms with Crippen molar-refractivity contribution in [2.24, 2.45) is 0 Å². The zero-order valence-electron chi connectivity index (χ0n) is 10.3. The first-order valence-corrected chi connectivity index (χ1v) is 6.04. The Balaban J connectivity index is 2.41. The fraction of sp³-hybridized carbons (Fsp3) is 0.200. The van der Waals surface area contributed by atoms with Gasteiger partial charge in [0.15, 0.2) is 0 Å². The SMILES string of the molecule is CCCC(=Cc1ccc2ccccc2c1)[N+](=O)[O-]. The van der Waals surface area contributed by atoms with Crippen molar-refractivity contribution in [3.63, 3.8) is 0 Å². The van der Waals surface area contributed by atoms with E-state index in [1.807, 2.05) is 49.4 Å². The number of allylic oxidation sites excluding steroid dienone is 1. The Hall–Kier alpha value is -2.16. The van der Waals surface area contributed by atoms with Crippen LogP contribution in [-0.2, 0) is 0 Å². The fourth-order valence-electron chi connectivity index (χ4n) is 1.96. The van der Waals surface area contributed by atoms with Crippen molar-refractivity contribution in [1.29, 1.82) is 0 Å². The van der Waals surface area contributed by atoms with E-state index in [0.29, 0.717) is 6.42 Å². The van der Waals surface area contributed by atoms with Crippen molar-refractivity contribution in [2.45, 2.75) is 19.8 Å². The van der Waals surface area contributed by atoms with Crippen LogP contribution in [-0.4, -0.2) is 4.92 Å². The maximum atomic E-state index is 10.9. The topological polar surface area (TPSA) is 43.1 Å². The van der Waals surface area contributed by atoms with Crippen LogP contribution in [0.15, 0.2) is 48.2 Å². The van der Waals surface area contributed by atoms with E-state index in [1.54, 1.807) is 6.08 Å². The first-order valence-electron chi connectivity index (χ1n) is 6.04. The van der Waals surface area contributed by atoms with Crippen molar-refractivity contribution in [1.82, 2.24) is 0 Å². The van der Waals surface area contributed by atoms with Crippen LogP contribution < -0.4 is 0 Å². The van der Waals surface area contributed by atoms with Gasteiger partial charge in [-0.1, -0.05) is 43.3 Å². The molecular formula is C15H15NO2. The third-order valence-electron chi connectivity index (χ3n) is 2.85. The summed E-state index contributed by atoms with van der Waals surface area (Å²) in [4.78, 5) is 10.6. The highest BCUT2D eigenvalue weighted by molar-refractivity contribution is 5.84. The van der Waals surface area contributed by atoms with Gasteiger partial charge in [0.2, 0.25) is 5.70 Å². The fourth-order valence-corrected chi connectivity index (χ4v) is 1.96. The van der Waals surface area contributed by atoms with Crippen molar-refractivity contribution >= 4 is 16.8 Å². The number of hydrogen-bond acceptors (Lipinski definition) is 2. The number of rotatable bonds is 4. The molecule has 0 spiro atoms. The van der Waals surface area contributed by atoms with Crippen LogP contribution in [0.1, 0.15) is 25.3 Å². The highest BCUT2D eigenvalue weighted by Gasteiger charge is 2.08. The number of nitro groups is 1. The first-order chi connectivity index (χ1) is 8.70. The molecule has 0 aromatic heterocycles. The molecule has 0 bridgehead atoms. The molecule has 0 unspecified atom stereocenters. The van der Waals surface area contributed by atoms with Gasteiger partial charge in [0.05, 0.1) is 4.92 Å². The van der Waals surface area contributed by atoms with Gasteiger partial charge in [-0.3, -0.25) is 10.1 Å². The largest absolute Gasteiger partial charge is 0.259 e. The molecule has 0 fully saturated rings. The number of benzene rings is 2. The first kappa shape index (κ1) is 12.3. The summed E-state index contributed by atoms with van der Waals surface area (Å²) in [7, 11) is 0. The van der Waals surface area contributed by atoms with E-state index in [-0.39, 0.29) is 10.6 Å². The molecule has 0 N–H and O–H groups in total. The van der Waals surface area contributed by atoms with E-state index in [2.05, 4.69) is 0 Å². The Morgan fingerprint density at radius 1 is 1.22 bits per heavy atom. The summed E-state index contributed by atoms with van der Waals surface area (Å²) in [5.74, 6) is 0. The molecular weight excluding hydrogens is 226 g/mol. The van der Waals surface area contributed by atoms with Crippen LogP contribution in [0.5, 0.6) is 0 Å². The monoisotopic (exact) mass is 241 g/mol. The van der Waals surface area contributed by atoms with Gasteiger partial charge >= 0.3 is 0 Å². The second kappa shape index (κ2) is 5.45. The Morgan fingerprint density at radius 3 is 2.61 bits per heavy atom. The van der Waals surface area contributed by atoms with Gasteiger partial charge in [0, 0.05) is 12.5 Å². The van der Waals surface area contributed by atoms with E-state index >= 15 is 0 Å². The molecule has 2 aromatic carbocycles. The van der Waals surface area contributed by atoms with Gasteiger partial charge in [-0.25, -0.2) is 0 Å². The number of hydrogen-bond donors (Lipinski definition) is 0. The van der Waals surface area contributed by atoms with Gasteiger partial charge < -0.3 is 0 Å². The van der Waals surface area contributed by atoms with Crippen LogP contribution in [0.25, 0.3) is 16.8 Å². The molecule has 2 aromatic rings. The lowest BCUT2D eigenvalue weighted by molar-refractivity contribution is -0.426. The van der Waals surface area contributed by atoms with Gasteiger partial charge in [0.1, 0.15) is 0 Å². The highest BCUT2D eigenvalue weighted by atomic mass is 16.6. The van der Waals surface area contributed by atoms with Crippen molar-refractivity contribution in [3.05, 3.63) is 63.8 Å². The predicted molar refractivity (Wildman–Crippen MR) is 73.8 cm³/mol. The Morgan fingerprint density at radius 2 is 1.94 bits per heavy atom. The second-order valence-corrected chi connectivity index (χ2v) is 4.25. The van der Waals surface area contributed by atoms with Crippen LogP contribution in [0.4, 0.5) is 0 Å². The van der Waals surface area contributed by atoms with Gasteiger partial charge in [-0.15, -0.1) is 0 Å². The van der Waals surface area contributed by atoms with Crippen molar-refractivity contribution in [3.8, 4) is 0 Å². The van der Waals surface area contributed by atoms with Gasteiger partial charge in [0.25, 0.3) is 0 Å². The molecule has 2 rings (SSSR count). The summed E-state index contributed by atoms with van der Waals surface area (Å²) in [6, 6.07) is 13.9. The Bertz CT molecular complexity index is 602. The minimum absolute atomic E-state index is 0.271. The summed E-state index contributed by atoms with van der Waals surface area (Å²) < 4.78 is 0. The van der Waals surface area contributed by atoms with Crippen LogP contribution in [0.3, 0.4) is 0 Å². The maximum Gasteiger partial charge on any atom is 0.246 e. The van der Waals surface area contributed by atoms with Crippen LogP contribution in [0.2, 0.25) is 0 Å². The minimum Gasteiger partial charge on any atom is -0.259 e. The van der Waals surface area contributed by atoms with Crippen molar-refractivity contribution < 1.29 is 4.92 Å². The Kier molecular flexibility index (Phi) is 3.72. The van der Waals surface area contributed by atoms with Gasteiger partial charge in [-0.05, 0) is 28.8 Å². The lowest BCUT2D eigenvalue weighted by Crippen LogP contribution is -1.97. The summed E-state index contributed by atoms with van der Waals surface area (Å²) in [6.07, 6.45) is 2.94.